The van der Waals surface area contributed by atoms with Crippen LogP contribution in [0.3, 0.4) is 0 Å². The van der Waals surface area contributed by atoms with Crippen molar-refractivity contribution in [3.05, 3.63) is 140 Å². The summed E-state index contributed by atoms with van der Waals surface area (Å²) in [4.78, 5) is 33.3. The molecule has 0 saturated carbocycles. The molecule has 0 unspecified atom stereocenters. The van der Waals surface area contributed by atoms with Crippen LogP contribution in [0, 0.1) is 6.92 Å². The molecule has 0 aliphatic carbocycles. The third kappa shape index (κ3) is 4.14. The second kappa shape index (κ2) is 8.82. The third-order valence-electron chi connectivity index (χ3n) is 6.39. The van der Waals surface area contributed by atoms with Gasteiger partial charge in [0, 0.05) is 30.5 Å². The number of nitrogens with one attached hydrogen (secondary N) is 1. The molecule has 2 aliphatic rings. The molecule has 1 N–H and O–H groups in total. The number of aromatic nitrogens is 3. The molecule has 6 nitrogen and oxygen atoms in total. The molecular weight excluding hydrogens is 450 g/mol. The Morgan fingerprint density at radius 2 is 1.67 bits per heavy atom. The average molecular weight is 474 g/mol. The van der Waals surface area contributed by atoms with E-state index in [4.69, 9.17) is 9.40 Å². The molecule has 36 heavy (non-hydrogen) atoms. The van der Waals surface area contributed by atoms with Gasteiger partial charge in [0.1, 0.15) is 11.3 Å². The van der Waals surface area contributed by atoms with Crippen LogP contribution in [0.15, 0.2) is 105 Å². The van der Waals surface area contributed by atoms with Gasteiger partial charge in [-0.15, -0.1) is 0 Å². The Bertz CT molecular complexity index is 1780. The van der Waals surface area contributed by atoms with Gasteiger partial charge in [-0.05, 0) is 41.8 Å². The van der Waals surface area contributed by atoms with E-state index in [9.17, 15) is 9.59 Å². The summed E-state index contributed by atoms with van der Waals surface area (Å²) in [5, 5.41) is 0.808. The minimum Gasteiger partial charge on any atom is -0.423 e. The first-order chi connectivity index (χ1) is 17.5. The Kier molecular flexibility index (Phi) is 5.34. The molecule has 176 valence electrons. The molecule has 3 heterocycles. The zero-order chi connectivity index (χ0) is 24.6. The van der Waals surface area contributed by atoms with Gasteiger partial charge in [0.2, 0.25) is 0 Å². The van der Waals surface area contributed by atoms with Crippen LogP contribution in [0.4, 0.5) is 0 Å². The van der Waals surface area contributed by atoms with Crippen LogP contribution in [-0.2, 0) is 12.8 Å². The van der Waals surface area contributed by atoms with Crippen LogP contribution in [0.5, 0.6) is 0 Å². The summed E-state index contributed by atoms with van der Waals surface area (Å²) >= 11 is 0. The lowest BCUT2D eigenvalue weighted by atomic mass is 10.1. The van der Waals surface area contributed by atoms with Gasteiger partial charge >= 0.3 is 5.63 Å². The van der Waals surface area contributed by atoms with Gasteiger partial charge in [-0.3, -0.25) is 9.36 Å². The smallest absolute Gasteiger partial charge is 0.336 e. The number of H-pyrrole nitrogens is 1. The Balaban J connectivity index is 1.46. The van der Waals surface area contributed by atoms with Crippen LogP contribution in [0.1, 0.15) is 28.1 Å². The number of hydrogen-bond donors (Lipinski definition) is 1. The largest absolute Gasteiger partial charge is 0.423 e. The van der Waals surface area contributed by atoms with Crippen molar-refractivity contribution in [1.82, 2.24) is 14.5 Å². The van der Waals surface area contributed by atoms with Gasteiger partial charge in [0.15, 0.2) is 5.82 Å². The van der Waals surface area contributed by atoms with E-state index in [0.29, 0.717) is 29.9 Å². The first kappa shape index (κ1) is 21.8. The van der Waals surface area contributed by atoms with Crippen molar-refractivity contribution in [2.24, 2.45) is 0 Å². The van der Waals surface area contributed by atoms with Gasteiger partial charge in [-0.25, -0.2) is 9.78 Å². The van der Waals surface area contributed by atoms with Crippen LogP contribution >= 0.6 is 0 Å². The van der Waals surface area contributed by atoms with Gasteiger partial charge in [-0.1, -0.05) is 66.2 Å². The number of benzene rings is 3. The van der Waals surface area contributed by atoms with E-state index in [1.807, 2.05) is 36.5 Å². The topological polar surface area (TPSA) is 80.9 Å². The van der Waals surface area contributed by atoms with Crippen LogP contribution in [-0.4, -0.2) is 14.5 Å². The summed E-state index contributed by atoms with van der Waals surface area (Å²) in [7, 11) is 0. The van der Waals surface area contributed by atoms with Gasteiger partial charge in [-0.2, -0.15) is 0 Å². The third-order valence-corrected chi connectivity index (χ3v) is 6.39. The molecule has 0 atom stereocenters. The van der Waals surface area contributed by atoms with Crippen LogP contribution in [0.25, 0.3) is 28.0 Å². The molecule has 2 aliphatic heterocycles. The molecule has 6 rings (SSSR count). The Labute approximate surface area is 206 Å². The van der Waals surface area contributed by atoms with Crippen molar-refractivity contribution in [1.29, 1.82) is 0 Å². The monoisotopic (exact) mass is 473 g/mol. The molecular formula is C30H23N3O3. The predicted octanol–water partition coefficient (Wildman–Crippen LogP) is 5.26. The molecule has 3 aromatic carbocycles. The lowest BCUT2D eigenvalue weighted by Crippen LogP contribution is -2.17. The number of aryl methyl sites for hydroxylation is 1. The minimum absolute atomic E-state index is 0.138. The molecule has 4 aromatic rings. The molecule has 0 radical (unpaired) electrons. The number of imidazole rings is 1. The number of fused-ring (bicyclic) bond motifs is 2. The van der Waals surface area contributed by atoms with E-state index in [0.717, 1.165) is 33.5 Å². The van der Waals surface area contributed by atoms with Crippen molar-refractivity contribution in [3.8, 4) is 17.1 Å². The quantitative estimate of drug-likeness (QED) is 0.346. The predicted molar refractivity (Wildman–Crippen MR) is 140 cm³/mol. The van der Waals surface area contributed by atoms with Gasteiger partial charge in [0.05, 0.1) is 11.4 Å². The van der Waals surface area contributed by atoms with Gasteiger partial charge < -0.3 is 9.40 Å². The van der Waals surface area contributed by atoms with Crippen LogP contribution < -0.4 is 11.2 Å². The lowest BCUT2D eigenvalue weighted by Gasteiger charge is -2.13. The molecule has 0 spiro atoms. The number of rotatable bonds is 5. The summed E-state index contributed by atoms with van der Waals surface area (Å²) < 4.78 is 6.88. The normalized spacial score (nSPS) is 11.4. The Morgan fingerprint density at radius 1 is 0.861 bits per heavy atom. The van der Waals surface area contributed by atoms with Crippen molar-refractivity contribution >= 4 is 11.0 Å². The van der Waals surface area contributed by atoms with E-state index in [1.165, 1.54) is 11.6 Å². The maximum Gasteiger partial charge on any atom is 0.336 e. The minimum atomic E-state index is -0.385. The molecule has 0 saturated heterocycles. The molecule has 0 bridgehead atoms. The zero-order valence-corrected chi connectivity index (χ0v) is 19.7. The average Bonchev–Trinajstić information content (AvgIpc) is 3.20. The fraction of sp³-hybridized carbons (Fsp3) is 0.100. The highest BCUT2D eigenvalue weighted by Gasteiger charge is 2.20. The summed E-state index contributed by atoms with van der Waals surface area (Å²) in [5.41, 5.74) is 6.43. The fourth-order valence-electron chi connectivity index (χ4n) is 4.52. The second-order valence-electron chi connectivity index (χ2n) is 9.04. The molecule has 6 heteroatoms. The molecule has 0 fully saturated rings. The van der Waals surface area contributed by atoms with Crippen molar-refractivity contribution in [3.63, 3.8) is 0 Å². The summed E-state index contributed by atoms with van der Waals surface area (Å²) in [5.74, 6) is 0.626. The maximum atomic E-state index is 13.5. The standard InChI is InChI=1S/C30H23N3O3/c1-19-7-10-22(11-8-19)26-18-33-29(24(31-26)16-20-5-3-2-4-6-20)32-25(30(33)35)17-21-9-13-27-23(15-21)12-14-28(34)36-27/h2-15,18,31H,16-17H2,1H3. The summed E-state index contributed by atoms with van der Waals surface area (Å²) in [6.45, 7) is 2.05. The number of nitrogens with zero attached hydrogens (tertiary/aromatic N) is 2. The highest BCUT2D eigenvalue weighted by molar-refractivity contribution is 5.77. The van der Waals surface area contributed by atoms with Crippen molar-refractivity contribution in [2.75, 3.05) is 0 Å². The first-order valence-electron chi connectivity index (χ1n) is 11.8. The van der Waals surface area contributed by atoms with Crippen molar-refractivity contribution in [2.45, 2.75) is 19.8 Å². The summed E-state index contributed by atoms with van der Waals surface area (Å²) in [6.07, 6.45) is 2.83. The van der Waals surface area contributed by atoms with E-state index in [-0.39, 0.29) is 11.2 Å². The van der Waals surface area contributed by atoms with Crippen LogP contribution in [0.2, 0.25) is 0 Å². The Hall–Kier alpha value is -4.71. The molecule has 0 amide bonds. The Morgan fingerprint density at radius 3 is 2.47 bits per heavy atom. The van der Waals surface area contributed by atoms with E-state index >= 15 is 0 Å². The fourth-order valence-corrected chi connectivity index (χ4v) is 4.52. The number of aromatic amines is 1. The number of hydrogen-bond acceptors (Lipinski definition) is 4. The van der Waals surface area contributed by atoms with Gasteiger partial charge in [0.25, 0.3) is 5.56 Å². The highest BCUT2D eigenvalue weighted by atomic mass is 16.4. The molecule has 1 aromatic heterocycles. The lowest BCUT2D eigenvalue weighted by molar-refractivity contribution is 0.561. The van der Waals surface area contributed by atoms with E-state index in [1.54, 1.807) is 16.7 Å². The highest BCUT2D eigenvalue weighted by Crippen LogP contribution is 2.24. The van der Waals surface area contributed by atoms with E-state index in [2.05, 4.69) is 48.3 Å². The first-order valence-corrected chi connectivity index (χ1v) is 11.8. The van der Waals surface area contributed by atoms with E-state index < -0.39 is 0 Å². The summed E-state index contributed by atoms with van der Waals surface area (Å²) in [6, 6.07) is 27.0. The second-order valence-corrected chi connectivity index (χ2v) is 9.04. The SMILES string of the molecule is Cc1ccc(-c2cn3c(=O)c(Cc4ccc5oc(=O)ccc5c4)nc-3c(Cc3ccccc3)[nH]2)cc1. The zero-order valence-electron chi connectivity index (χ0n) is 19.7. The van der Waals surface area contributed by atoms with Crippen molar-refractivity contribution < 1.29 is 4.42 Å². The maximum absolute atomic E-state index is 13.5.